The average Bonchev–Trinajstić information content (AvgIpc) is 3.23. The Kier molecular flexibility index (Phi) is 8.06. The maximum absolute atomic E-state index is 14.5. The number of carbonyl (C=O) groups is 3. The van der Waals surface area contributed by atoms with Crippen molar-refractivity contribution < 1.29 is 29.0 Å². The summed E-state index contributed by atoms with van der Waals surface area (Å²) >= 11 is 0. The fourth-order valence-corrected chi connectivity index (χ4v) is 7.07. The molecular weight excluding hydrogens is 510 g/mol. The van der Waals surface area contributed by atoms with Gasteiger partial charge in [-0.2, -0.15) is 0 Å². The van der Waals surface area contributed by atoms with Crippen LogP contribution >= 0.6 is 0 Å². The maximum atomic E-state index is 14.5. The van der Waals surface area contributed by atoms with Crippen molar-refractivity contribution in [3.63, 3.8) is 0 Å². The van der Waals surface area contributed by atoms with Crippen molar-refractivity contribution in [1.29, 1.82) is 0 Å². The standard InChI is InChI=1S/C31H41N3O6/c1-4-30-16-11-21-39-29(38)25(30)24-27(36)34(18-8-7-9-20-35)26-28(37)33(19-10-17-31(24,26)40-30)23-14-12-22(13-15-23)32(5-2)6-3/h10-17,24-26,35H,4-9,18-21H2,1-3H3/t24-,25+,26?,30-,31-/m0/s1. The molecule has 5 rings (SSSR count). The van der Waals surface area contributed by atoms with Crippen LogP contribution in [0.15, 0.2) is 48.6 Å². The van der Waals surface area contributed by atoms with Crippen molar-refractivity contribution in [2.75, 3.05) is 49.2 Å². The summed E-state index contributed by atoms with van der Waals surface area (Å²) in [4.78, 5) is 47.7. The molecule has 1 aromatic carbocycles. The zero-order valence-electron chi connectivity index (χ0n) is 23.8. The second-order valence-electron chi connectivity index (χ2n) is 11.0. The van der Waals surface area contributed by atoms with E-state index in [1.807, 2.05) is 49.4 Å². The number of aliphatic hydroxyl groups is 1. The lowest BCUT2D eigenvalue weighted by atomic mass is 9.73. The molecule has 1 spiro atoms. The number of likely N-dealkylation sites (tertiary alicyclic amines) is 1. The molecule has 4 aliphatic heterocycles. The first-order valence-electron chi connectivity index (χ1n) is 14.7. The first kappa shape index (κ1) is 28.4. The number of hydrogen-bond donors (Lipinski definition) is 1. The largest absolute Gasteiger partial charge is 0.461 e. The molecule has 4 aliphatic rings. The highest BCUT2D eigenvalue weighted by molar-refractivity contribution is 6.05. The van der Waals surface area contributed by atoms with Crippen LogP contribution in [-0.4, -0.2) is 84.4 Å². The lowest BCUT2D eigenvalue weighted by Crippen LogP contribution is -2.56. The van der Waals surface area contributed by atoms with E-state index in [1.54, 1.807) is 15.9 Å². The van der Waals surface area contributed by atoms with Crippen LogP contribution in [-0.2, 0) is 23.9 Å². The Bertz CT molecular complexity index is 1180. The van der Waals surface area contributed by atoms with Gasteiger partial charge in [0.2, 0.25) is 5.91 Å². The number of aliphatic hydroxyl groups excluding tert-OH is 1. The zero-order chi connectivity index (χ0) is 28.5. The SMILES string of the molecule is CCN(CC)c1ccc(N2CC=C[C@]34O[C@@]5(CC)C=CCOC(=O)[C@H]5[C@H]3C(=O)N(CCCCCO)C4C2=O)cc1. The molecule has 1 unspecified atom stereocenters. The van der Waals surface area contributed by atoms with Crippen molar-refractivity contribution >= 4 is 29.2 Å². The summed E-state index contributed by atoms with van der Waals surface area (Å²) in [6.07, 6.45) is 9.84. The summed E-state index contributed by atoms with van der Waals surface area (Å²) in [6, 6.07) is 7.02. The third-order valence-electron chi connectivity index (χ3n) is 9.04. The van der Waals surface area contributed by atoms with E-state index in [0.717, 1.165) is 30.9 Å². The molecule has 2 amide bonds. The first-order chi connectivity index (χ1) is 19.4. The van der Waals surface area contributed by atoms with Crippen LogP contribution in [0.4, 0.5) is 11.4 Å². The minimum atomic E-state index is -1.29. The zero-order valence-corrected chi connectivity index (χ0v) is 23.8. The fraction of sp³-hybridized carbons (Fsp3) is 0.581. The predicted octanol–water partition coefficient (Wildman–Crippen LogP) is 3.07. The molecule has 9 nitrogen and oxygen atoms in total. The number of carbonyl (C=O) groups excluding carboxylic acids is 3. The molecule has 1 N–H and O–H groups in total. The van der Waals surface area contributed by atoms with Gasteiger partial charge in [0.25, 0.3) is 5.91 Å². The van der Waals surface area contributed by atoms with Gasteiger partial charge in [0.05, 0.1) is 5.92 Å². The topological polar surface area (TPSA) is 99.6 Å². The molecule has 0 bridgehead atoms. The minimum Gasteiger partial charge on any atom is -0.461 e. The molecule has 216 valence electrons. The second kappa shape index (κ2) is 11.4. The van der Waals surface area contributed by atoms with E-state index >= 15 is 0 Å². The van der Waals surface area contributed by atoms with Gasteiger partial charge in [-0.3, -0.25) is 14.4 Å². The number of esters is 1. The number of cyclic esters (lactones) is 1. The summed E-state index contributed by atoms with van der Waals surface area (Å²) in [5.41, 5.74) is -0.488. The quantitative estimate of drug-likeness (QED) is 0.271. The van der Waals surface area contributed by atoms with Gasteiger partial charge in [0.15, 0.2) is 0 Å². The Labute approximate surface area is 236 Å². The lowest BCUT2D eigenvalue weighted by molar-refractivity contribution is -0.157. The van der Waals surface area contributed by atoms with Gasteiger partial charge in [-0.05, 0) is 69.9 Å². The Morgan fingerprint density at radius 1 is 0.950 bits per heavy atom. The number of benzene rings is 1. The Morgan fingerprint density at radius 2 is 1.70 bits per heavy atom. The van der Waals surface area contributed by atoms with Crippen molar-refractivity contribution in [1.82, 2.24) is 4.90 Å². The first-order valence-corrected chi connectivity index (χ1v) is 14.7. The van der Waals surface area contributed by atoms with Crippen LogP contribution < -0.4 is 9.80 Å². The summed E-state index contributed by atoms with van der Waals surface area (Å²) in [5.74, 6) is -2.64. The number of fused-ring (bicyclic) bond motifs is 2. The summed E-state index contributed by atoms with van der Waals surface area (Å²) in [6.45, 7) is 8.80. The summed E-state index contributed by atoms with van der Waals surface area (Å²) in [7, 11) is 0. The molecule has 0 saturated carbocycles. The van der Waals surface area contributed by atoms with Gasteiger partial charge < -0.3 is 29.3 Å². The molecule has 40 heavy (non-hydrogen) atoms. The number of ether oxygens (including phenoxy) is 2. The molecule has 9 heteroatoms. The number of nitrogens with zero attached hydrogens (tertiary/aromatic N) is 3. The normalized spacial score (nSPS) is 31.0. The van der Waals surface area contributed by atoms with Gasteiger partial charge in [-0.1, -0.05) is 25.2 Å². The smallest absolute Gasteiger partial charge is 0.313 e. The van der Waals surface area contributed by atoms with Gasteiger partial charge >= 0.3 is 5.97 Å². The van der Waals surface area contributed by atoms with E-state index in [9.17, 15) is 19.5 Å². The molecule has 0 aromatic heterocycles. The average molecular weight is 552 g/mol. The van der Waals surface area contributed by atoms with E-state index in [2.05, 4.69) is 18.7 Å². The molecule has 2 fully saturated rings. The van der Waals surface area contributed by atoms with Crippen LogP contribution in [0.5, 0.6) is 0 Å². The molecule has 0 aliphatic carbocycles. The summed E-state index contributed by atoms with van der Waals surface area (Å²) < 4.78 is 12.4. The number of amides is 2. The Morgan fingerprint density at radius 3 is 2.38 bits per heavy atom. The third kappa shape index (κ3) is 4.43. The van der Waals surface area contributed by atoms with Crippen LogP contribution in [0.3, 0.4) is 0 Å². The molecule has 1 aromatic rings. The molecule has 0 radical (unpaired) electrons. The van der Waals surface area contributed by atoms with Crippen molar-refractivity contribution in [2.45, 2.75) is 63.7 Å². The van der Waals surface area contributed by atoms with Crippen molar-refractivity contribution in [3.05, 3.63) is 48.6 Å². The number of hydrogen-bond acceptors (Lipinski definition) is 7. The fourth-order valence-electron chi connectivity index (χ4n) is 7.07. The van der Waals surface area contributed by atoms with Crippen LogP contribution in [0, 0.1) is 11.8 Å². The minimum absolute atomic E-state index is 0.0747. The molecule has 4 heterocycles. The summed E-state index contributed by atoms with van der Waals surface area (Å²) in [5, 5.41) is 9.26. The van der Waals surface area contributed by atoms with Crippen molar-refractivity contribution in [3.8, 4) is 0 Å². The van der Waals surface area contributed by atoms with Gasteiger partial charge in [-0.15, -0.1) is 0 Å². The highest BCUT2D eigenvalue weighted by Gasteiger charge is 2.75. The highest BCUT2D eigenvalue weighted by Crippen LogP contribution is 2.58. The van der Waals surface area contributed by atoms with Crippen LogP contribution in [0.1, 0.15) is 46.5 Å². The van der Waals surface area contributed by atoms with Gasteiger partial charge in [0, 0.05) is 44.2 Å². The van der Waals surface area contributed by atoms with E-state index in [0.29, 0.717) is 32.4 Å². The van der Waals surface area contributed by atoms with Crippen LogP contribution in [0.2, 0.25) is 0 Å². The Hall–Kier alpha value is -3.17. The Balaban J connectivity index is 1.56. The van der Waals surface area contributed by atoms with Gasteiger partial charge in [0.1, 0.15) is 29.8 Å². The van der Waals surface area contributed by atoms with E-state index in [-0.39, 0.29) is 25.0 Å². The maximum Gasteiger partial charge on any atom is 0.313 e. The second-order valence-corrected chi connectivity index (χ2v) is 11.0. The number of unbranched alkanes of at least 4 members (excludes halogenated alkanes) is 2. The molecule has 5 atom stereocenters. The number of anilines is 2. The lowest BCUT2D eigenvalue weighted by Gasteiger charge is -2.38. The van der Waals surface area contributed by atoms with E-state index in [4.69, 9.17) is 9.47 Å². The van der Waals surface area contributed by atoms with Gasteiger partial charge in [-0.25, -0.2) is 0 Å². The monoisotopic (exact) mass is 551 g/mol. The van der Waals surface area contributed by atoms with Crippen molar-refractivity contribution in [2.24, 2.45) is 11.8 Å². The number of rotatable bonds is 10. The van der Waals surface area contributed by atoms with Crippen LogP contribution in [0.25, 0.3) is 0 Å². The third-order valence-corrected chi connectivity index (χ3v) is 9.04. The predicted molar refractivity (Wildman–Crippen MR) is 152 cm³/mol. The highest BCUT2D eigenvalue weighted by atomic mass is 16.6. The molecular formula is C31H41N3O6. The van der Waals surface area contributed by atoms with E-state index in [1.165, 1.54) is 0 Å². The van der Waals surface area contributed by atoms with E-state index < -0.39 is 35.0 Å². The molecule has 2 saturated heterocycles.